The van der Waals surface area contributed by atoms with E-state index in [0.717, 1.165) is 29.9 Å². The van der Waals surface area contributed by atoms with Gasteiger partial charge in [-0.2, -0.15) is 0 Å². The van der Waals surface area contributed by atoms with Crippen LogP contribution in [0, 0.1) is 0 Å². The predicted molar refractivity (Wildman–Crippen MR) is 52.6 cm³/mol. The molecule has 0 saturated carbocycles. The van der Waals surface area contributed by atoms with Crippen LogP contribution in [-0.2, 0) is 0 Å². The zero-order valence-electron chi connectivity index (χ0n) is 6.66. The third-order valence-corrected chi connectivity index (χ3v) is 3.83. The van der Waals surface area contributed by atoms with Gasteiger partial charge in [0.1, 0.15) is 6.26 Å². The SMILES string of the molecule is CCCC=CO[p+]1npnpn1. The lowest BCUT2D eigenvalue weighted by atomic mass is 10.3. The smallest absolute Gasteiger partial charge is 0.366 e. The third-order valence-electron chi connectivity index (χ3n) is 1.02. The fourth-order valence-corrected chi connectivity index (χ4v) is 3.13. The Morgan fingerprint density at radius 2 is 2.17 bits per heavy atom. The molecule has 1 aromatic heterocycles. The summed E-state index contributed by atoms with van der Waals surface area (Å²) in [6, 6.07) is 0. The maximum atomic E-state index is 5.26. The number of unbranched alkanes of at least 4 members (excludes halogenated alkanes) is 1. The lowest BCUT2D eigenvalue weighted by Gasteiger charge is -1.85. The van der Waals surface area contributed by atoms with Crippen LogP contribution >= 0.6 is 25.1 Å². The minimum atomic E-state index is -0.944. The Morgan fingerprint density at radius 1 is 1.42 bits per heavy atom. The van der Waals surface area contributed by atoms with Crippen molar-refractivity contribution in [3.63, 3.8) is 0 Å². The van der Waals surface area contributed by atoms with E-state index in [0.29, 0.717) is 0 Å². The Kier molecular flexibility index (Phi) is 5.27. The van der Waals surface area contributed by atoms with E-state index in [9.17, 15) is 0 Å². The highest BCUT2D eigenvalue weighted by atomic mass is 31.2. The molecule has 0 aliphatic heterocycles. The molecule has 64 valence electrons. The number of allylic oxidation sites excluding steroid dienone is 1. The van der Waals surface area contributed by atoms with Gasteiger partial charge in [0.15, 0.2) is 0 Å². The van der Waals surface area contributed by atoms with Crippen molar-refractivity contribution in [1.82, 2.24) is 13.5 Å². The Hall–Kier alpha value is -0.160. The summed E-state index contributed by atoms with van der Waals surface area (Å²) < 4.78 is 17.3. The molecule has 1 rings (SSSR count). The minimum Gasteiger partial charge on any atom is -0.366 e. The molecular formula is C5H9N3OP3+. The second-order valence-electron chi connectivity index (χ2n) is 1.97. The highest BCUT2D eigenvalue weighted by Crippen LogP contribution is 2.18. The normalized spacial score (nSPS) is 13.2. The van der Waals surface area contributed by atoms with Crippen LogP contribution in [0.4, 0.5) is 0 Å². The zero-order chi connectivity index (χ0) is 8.65. The standard InChI is InChI=1S/C5H9N3OP3/c1-2-3-4-5-9-12-7-10-6-11-8-12/h4-5H,2-3H2,1H3/q+1. The number of hydrogen-bond donors (Lipinski definition) is 0. The average Bonchev–Trinajstić information content (AvgIpc) is 2.14. The van der Waals surface area contributed by atoms with Gasteiger partial charge in [0.2, 0.25) is 0 Å². The fraction of sp³-hybridized carbons (Fsp3) is 0.600. The molecule has 12 heavy (non-hydrogen) atoms. The fourth-order valence-electron chi connectivity index (χ4n) is 0.514. The number of rotatable bonds is 4. The van der Waals surface area contributed by atoms with Crippen molar-refractivity contribution in [3.05, 3.63) is 12.3 Å². The summed E-state index contributed by atoms with van der Waals surface area (Å²) in [5, 5.41) is 0. The molecule has 0 bridgehead atoms. The highest BCUT2D eigenvalue weighted by molar-refractivity contribution is 7.50. The molecule has 0 aromatic carbocycles. The summed E-state index contributed by atoms with van der Waals surface area (Å²) in [5.41, 5.74) is 0. The van der Waals surface area contributed by atoms with Gasteiger partial charge in [-0.25, -0.2) is 0 Å². The first kappa shape index (κ1) is 9.92. The third kappa shape index (κ3) is 4.01. The average molecular weight is 220 g/mol. The summed E-state index contributed by atoms with van der Waals surface area (Å²) in [6.07, 6.45) is 5.87. The Bertz CT molecular complexity index is 243. The van der Waals surface area contributed by atoms with Crippen molar-refractivity contribution in [2.45, 2.75) is 19.8 Å². The van der Waals surface area contributed by atoms with Crippen molar-refractivity contribution in [2.24, 2.45) is 0 Å². The van der Waals surface area contributed by atoms with E-state index >= 15 is 0 Å². The van der Waals surface area contributed by atoms with E-state index in [-0.39, 0.29) is 0 Å². The van der Waals surface area contributed by atoms with E-state index in [1.807, 2.05) is 6.08 Å². The lowest BCUT2D eigenvalue weighted by Crippen LogP contribution is -1.79. The zero-order valence-corrected chi connectivity index (χ0v) is 9.34. The molecule has 0 amide bonds. The first-order valence-electron chi connectivity index (χ1n) is 3.57. The maximum Gasteiger partial charge on any atom is 0.413 e. The molecule has 1 heterocycles. The number of hydrogen-bond acceptors (Lipinski definition) is 4. The van der Waals surface area contributed by atoms with Crippen LogP contribution in [0.3, 0.4) is 0 Å². The molecule has 0 unspecified atom stereocenters. The molecule has 7 heteroatoms. The van der Waals surface area contributed by atoms with Gasteiger partial charge in [-0.15, -0.1) is 0 Å². The van der Waals surface area contributed by atoms with Gasteiger partial charge < -0.3 is 4.52 Å². The van der Waals surface area contributed by atoms with Crippen LogP contribution in [0.1, 0.15) is 19.8 Å². The molecule has 0 aliphatic carbocycles. The van der Waals surface area contributed by atoms with Gasteiger partial charge >= 0.3 is 25.1 Å². The molecule has 0 fully saturated rings. The molecule has 0 saturated heterocycles. The minimum absolute atomic E-state index is 0.744. The summed E-state index contributed by atoms with van der Waals surface area (Å²) in [4.78, 5) is 0. The lowest BCUT2D eigenvalue weighted by molar-refractivity contribution is 0.619. The Labute approximate surface area is 75.9 Å². The van der Waals surface area contributed by atoms with Crippen LogP contribution in [0.25, 0.3) is 0 Å². The quantitative estimate of drug-likeness (QED) is 0.731. The molecule has 4 nitrogen and oxygen atoms in total. The van der Waals surface area contributed by atoms with Gasteiger partial charge in [-0.1, -0.05) is 13.3 Å². The first-order valence-corrected chi connectivity index (χ1v) is 6.33. The largest absolute Gasteiger partial charge is 0.413 e. The topological polar surface area (TPSA) is 47.9 Å². The van der Waals surface area contributed by atoms with Crippen LogP contribution in [0.15, 0.2) is 12.3 Å². The van der Waals surface area contributed by atoms with Crippen LogP contribution in [0.2, 0.25) is 0 Å². The van der Waals surface area contributed by atoms with E-state index in [1.165, 1.54) is 0 Å². The van der Waals surface area contributed by atoms with Crippen molar-refractivity contribution in [2.75, 3.05) is 0 Å². The molecule has 1 aromatic rings. The van der Waals surface area contributed by atoms with E-state index < -0.39 is 8.08 Å². The number of nitrogens with zero attached hydrogens (tertiary/aromatic N) is 3. The highest BCUT2D eigenvalue weighted by Gasteiger charge is 2.01. The Morgan fingerprint density at radius 3 is 2.83 bits per heavy atom. The first-order chi connectivity index (χ1) is 5.93. The molecule has 0 atom stereocenters. The van der Waals surface area contributed by atoms with Crippen molar-refractivity contribution in [3.8, 4) is 0 Å². The van der Waals surface area contributed by atoms with E-state index in [1.54, 1.807) is 6.26 Å². The van der Waals surface area contributed by atoms with E-state index in [4.69, 9.17) is 4.52 Å². The van der Waals surface area contributed by atoms with Crippen LogP contribution < -0.4 is 4.52 Å². The summed E-state index contributed by atoms with van der Waals surface area (Å²) in [6.45, 7) is 2.13. The van der Waals surface area contributed by atoms with Gasteiger partial charge in [0, 0.05) is 9.02 Å². The second-order valence-corrected chi connectivity index (χ2v) is 5.19. The van der Waals surface area contributed by atoms with Gasteiger partial charge in [-0.3, -0.25) is 0 Å². The summed E-state index contributed by atoms with van der Waals surface area (Å²) in [5.74, 6) is 0. The Balaban J connectivity index is 2.33. The van der Waals surface area contributed by atoms with Crippen molar-refractivity contribution < 1.29 is 4.52 Å². The van der Waals surface area contributed by atoms with Gasteiger partial charge in [-0.05, 0) is 17.0 Å². The molecule has 0 spiro atoms. The van der Waals surface area contributed by atoms with Gasteiger partial charge in [0.05, 0.1) is 0 Å². The van der Waals surface area contributed by atoms with Crippen LogP contribution in [-0.4, -0.2) is 13.5 Å². The molecular weight excluding hydrogens is 211 g/mol. The van der Waals surface area contributed by atoms with Crippen molar-refractivity contribution >= 4 is 25.1 Å². The molecule has 0 aliphatic rings. The maximum absolute atomic E-state index is 5.26. The van der Waals surface area contributed by atoms with Gasteiger partial charge in [0.25, 0.3) is 0 Å². The van der Waals surface area contributed by atoms with Crippen LogP contribution in [0.5, 0.6) is 0 Å². The van der Waals surface area contributed by atoms with E-state index in [2.05, 4.69) is 20.5 Å². The molecule has 0 N–H and O–H groups in total. The summed E-state index contributed by atoms with van der Waals surface area (Å²) >= 11 is 0. The number of aromatic nitrogens is 3. The predicted octanol–water partition coefficient (Wildman–Crippen LogP) is 3.04. The van der Waals surface area contributed by atoms with Crippen molar-refractivity contribution in [1.29, 1.82) is 0 Å². The second kappa shape index (κ2) is 6.37. The monoisotopic (exact) mass is 220 g/mol. The summed E-state index contributed by atoms with van der Waals surface area (Å²) in [7, 11) is 0.545. The molecule has 0 radical (unpaired) electrons.